The third kappa shape index (κ3) is 6.63. The molecule has 2 aromatic carbocycles. The van der Waals surface area contributed by atoms with Gasteiger partial charge in [0, 0.05) is 44.7 Å². The van der Waals surface area contributed by atoms with Gasteiger partial charge < -0.3 is 15.0 Å². The molecule has 176 valence electrons. The number of piperazine rings is 1. The van der Waals surface area contributed by atoms with Crippen LogP contribution in [0, 0.1) is 0 Å². The molecule has 0 radical (unpaired) electrons. The van der Waals surface area contributed by atoms with Crippen molar-refractivity contribution in [3.8, 4) is 5.75 Å². The molecule has 0 aliphatic carbocycles. The highest BCUT2D eigenvalue weighted by atomic mass is 16.5. The van der Waals surface area contributed by atoms with E-state index in [0.717, 1.165) is 87.1 Å². The zero-order valence-electron chi connectivity index (χ0n) is 20.1. The van der Waals surface area contributed by atoms with Crippen molar-refractivity contribution in [2.45, 2.75) is 19.5 Å². The average molecular weight is 449 g/mol. The van der Waals surface area contributed by atoms with E-state index in [1.807, 2.05) is 18.2 Å². The molecule has 7 nitrogen and oxygen atoms in total. The fraction of sp³-hybridized carbons (Fsp3) is 0.462. The van der Waals surface area contributed by atoms with Gasteiger partial charge in [-0.3, -0.25) is 9.80 Å². The van der Waals surface area contributed by atoms with Crippen molar-refractivity contribution in [3.05, 3.63) is 59.9 Å². The predicted molar refractivity (Wildman–Crippen MR) is 135 cm³/mol. The summed E-state index contributed by atoms with van der Waals surface area (Å²) in [5.41, 5.74) is 2.34. The maximum atomic E-state index is 5.26. The highest BCUT2D eigenvalue weighted by Crippen LogP contribution is 2.21. The Morgan fingerprint density at radius 2 is 1.61 bits per heavy atom. The number of benzene rings is 2. The van der Waals surface area contributed by atoms with Crippen LogP contribution in [-0.4, -0.2) is 85.1 Å². The lowest BCUT2D eigenvalue weighted by Gasteiger charge is -2.34. The van der Waals surface area contributed by atoms with E-state index in [1.165, 1.54) is 5.56 Å². The van der Waals surface area contributed by atoms with Crippen LogP contribution in [0.3, 0.4) is 0 Å². The summed E-state index contributed by atoms with van der Waals surface area (Å²) in [6, 6.07) is 16.7. The van der Waals surface area contributed by atoms with Gasteiger partial charge in [0.25, 0.3) is 0 Å². The van der Waals surface area contributed by atoms with Gasteiger partial charge in [0.05, 0.1) is 19.2 Å². The number of hydrogen-bond donors (Lipinski definition) is 1. The first-order chi connectivity index (χ1) is 16.1. The number of hydrogen-bond acceptors (Lipinski definition) is 7. The Balaban J connectivity index is 1.34. The standard InChI is InChI=1S/C26H36N6O/c1-30(2)14-6-13-27-26-23-7-4-5-8-24(23)28-25(29-26)20-32-17-15-31(16-18-32)19-21-9-11-22(33-3)12-10-21/h4-5,7-12H,6,13-20H2,1-3H3,(H,27,28,29). The van der Waals surface area contributed by atoms with Gasteiger partial charge in [-0.1, -0.05) is 24.3 Å². The van der Waals surface area contributed by atoms with E-state index in [4.69, 9.17) is 14.7 Å². The SMILES string of the molecule is COc1ccc(CN2CCN(Cc3nc(NCCCN(C)C)c4ccccc4n3)CC2)cc1. The van der Waals surface area contributed by atoms with Crippen molar-refractivity contribution < 1.29 is 4.74 Å². The molecule has 0 atom stereocenters. The molecule has 1 saturated heterocycles. The molecule has 0 spiro atoms. The molecule has 1 N–H and O–H groups in total. The second kappa shape index (κ2) is 11.4. The zero-order valence-corrected chi connectivity index (χ0v) is 20.1. The van der Waals surface area contributed by atoms with Crippen LogP contribution in [0.2, 0.25) is 0 Å². The molecule has 1 aliphatic rings. The molecule has 0 unspecified atom stereocenters. The maximum Gasteiger partial charge on any atom is 0.145 e. The van der Waals surface area contributed by atoms with Crippen LogP contribution in [0.1, 0.15) is 17.8 Å². The number of methoxy groups -OCH3 is 1. The molecule has 1 aromatic heterocycles. The summed E-state index contributed by atoms with van der Waals surface area (Å²) >= 11 is 0. The van der Waals surface area contributed by atoms with E-state index >= 15 is 0 Å². The second-order valence-electron chi connectivity index (χ2n) is 8.99. The smallest absolute Gasteiger partial charge is 0.145 e. The van der Waals surface area contributed by atoms with E-state index in [2.05, 4.69) is 64.4 Å². The van der Waals surface area contributed by atoms with Gasteiger partial charge in [-0.05, 0) is 56.9 Å². The summed E-state index contributed by atoms with van der Waals surface area (Å²) in [5, 5.41) is 4.64. The quantitative estimate of drug-likeness (QED) is 0.478. The van der Waals surface area contributed by atoms with Crippen LogP contribution in [0.4, 0.5) is 5.82 Å². The molecule has 0 bridgehead atoms. The van der Waals surface area contributed by atoms with Gasteiger partial charge in [0.15, 0.2) is 0 Å². The van der Waals surface area contributed by atoms with E-state index in [0.29, 0.717) is 0 Å². The Morgan fingerprint density at radius 3 is 2.30 bits per heavy atom. The van der Waals surface area contributed by atoms with Gasteiger partial charge in [-0.2, -0.15) is 0 Å². The summed E-state index contributed by atoms with van der Waals surface area (Å²) in [6.45, 7) is 7.88. The number of para-hydroxylation sites is 1. The Bertz CT molecular complexity index is 1010. The molecule has 1 aliphatic heterocycles. The van der Waals surface area contributed by atoms with Crippen LogP contribution in [-0.2, 0) is 13.1 Å². The van der Waals surface area contributed by atoms with E-state index in [9.17, 15) is 0 Å². The number of aromatic nitrogens is 2. The lowest BCUT2D eigenvalue weighted by Crippen LogP contribution is -2.45. The molecule has 0 amide bonds. The Morgan fingerprint density at radius 1 is 0.909 bits per heavy atom. The topological polar surface area (TPSA) is 56.8 Å². The summed E-state index contributed by atoms with van der Waals surface area (Å²) in [6.07, 6.45) is 1.08. The first-order valence-electron chi connectivity index (χ1n) is 11.8. The van der Waals surface area contributed by atoms with Gasteiger partial charge in [-0.25, -0.2) is 9.97 Å². The van der Waals surface area contributed by atoms with Gasteiger partial charge in [0.1, 0.15) is 17.4 Å². The highest BCUT2D eigenvalue weighted by Gasteiger charge is 2.19. The molecule has 33 heavy (non-hydrogen) atoms. The number of nitrogens with zero attached hydrogens (tertiary/aromatic N) is 5. The van der Waals surface area contributed by atoms with Crippen LogP contribution < -0.4 is 10.1 Å². The second-order valence-corrected chi connectivity index (χ2v) is 8.99. The monoisotopic (exact) mass is 448 g/mol. The lowest BCUT2D eigenvalue weighted by molar-refractivity contribution is 0.120. The Kier molecular flexibility index (Phi) is 8.10. The zero-order chi connectivity index (χ0) is 23.0. The van der Waals surface area contributed by atoms with Gasteiger partial charge >= 0.3 is 0 Å². The molecule has 2 heterocycles. The Hall–Kier alpha value is -2.74. The van der Waals surface area contributed by atoms with Crippen LogP contribution in [0.25, 0.3) is 10.9 Å². The number of ether oxygens (including phenoxy) is 1. The van der Waals surface area contributed by atoms with Gasteiger partial charge in [0.2, 0.25) is 0 Å². The number of anilines is 1. The minimum Gasteiger partial charge on any atom is -0.497 e. The van der Waals surface area contributed by atoms with E-state index < -0.39 is 0 Å². The summed E-state index contributed by atoms with van der Waals surface area (Å²) < 4.78 is 5.26. The molecule has 7 heteroatoms. The summed E-state index contributed by atoms with van der Waals surface area (Å²) in [5.74, 6) is 2.76. The van der Waals surface area contributed by atoms with Crippen LogP contribution in [0.5, 0.6) is 5.75 Å². The summed E-state index contributed by atoms with van der Waals surface area (Å²) in [7, 11) is 5.92. The highest BCUT2D eigenvalue weighted by molar-refractivity contribution is 5.88. The largest absolute Gasteiger partial charge is 0.497 e. The first-order valence-corrected chi connectivity index (χ1v) is 11.8. The van der Waals surface area contributed by atoms with E-state index in [1.54, 1.807) is 7.11 Å². The number of nitrogens with one attached hydrogen (secondary N) is 1. The molecule has 0 saturated carbocycles. The third-order valence-electron chi connectivity index (χ3n) is 6.12. The van der Waals surface area contributed by atoms with Crippen molar-refractivity contribution >= 4 is 16.7 Å². The van der Waals surface area contributed by atoms with Crippen molar-refractivity contribution in [3.63, 3.8) is 0 Å². The maximum absolute atomic E-state index is 5.26. The van der Waals surface area contributed by atoms with Crippen molar-refractivity contribution in [2.75, 3.05) is 65.8 Å². The normalized spacial score (nSPS) is 15.3. The number of fused-ring (bicyclic) bond motifs is 1. The van der Waals surface area contributed by atoms with Crippen molar-refractivity contribution in [1.82, 2.24) is 24.7 Å². The molecular weight excluding hydrogens is 412 g/mol. The van der Waals surface area contributed by atoms with Crippen molar-refractivity contribution in [1.29, 1.82) is 0 Å². The third-order valence-corrected chi connectivity index (χ3v) is 6.12. The summed E-state index contributed by atoms with van der Waals surface area (Å²) in [4.78, 5) is 17.0. The fourth-order valence-corrected chi connectivity index (χ4v) is 4.23. The van der Waals surface area contributed by atoms with Gasteiger partial charge in [-0.15, -0.1) is 0 Å². The Labute approximate surface area is 197 Å². The predicted octanol–water partition coefficient (Wildman–Crippen LogP) is 3.32. The molecule has 3 aromatic rings. The first kappa shape index (κ1) is 23.4. The molecular formula is C26H36N6O. The van der Waals surface area contributed by atoms with E-state index in [-0.39, 0.29) is 0 Å². The minimum absolute atomic E-state index is 0.785. The lowest BCUT2D eigenvalue weighted by atomic mass is 10.2. The minimum atomic E-state index is 0.785. The average Bonchev–Trinajstić information content (AvgIpc) is 2.83. The molecule has 4 rings (SSSR count). The number of rotatable bonds is 10. The molecule has 1 fully saturated rings. The van der Waals surface area contributed by atoms with Crippen LogP contribution in [0.15, 0.2) is 48.5 Å². The van der Waals surface area contributed by atoms with Crippen molar-refractivity contribution in [2.24, 2.45) is 0 Å². The fourth-order valence-electron chi connectivity index (χ4n) is 4.23. The van der Waals surface area contributed by atoms with Crippen LogP contribution >= 0.6 is 0 Å².